The summed E-state index contributed by atoms with van der Waals surface area (Å²) in [6, 6.07) is 4.98. The average molecular weight is 456 g/mol. The molecule has 1 aliphatic heterocycles. The average Bonchev–Trinajstić information content (AvgIpc) is 3.28. The highest BCUT2D eigenvalue weighted by molar-refractivity contribution is 7.90. The van der Waals surface area contributed by atoms with E-state index in [0.717, 1.165) is 6.26 Å². The molecule has 30 heavy (non-hydrogen) atoms. The predicted octanol–water partition coefficient (Wildman–Crippen LogP) is 1.73. The molecule has 1 saturated heterocycles. The Morgan fingerprint density at radius 3 is 2.37 bits per heavy atom. The van der Waals surface area contributed by atoms with Crippen molar-refractivity contribution in [3.63, 3.8) is 0 Å². The fourth-order valence-corrected chi connectivity index (χ4v) is 6.23. The summed E-state index contributed by atoms with van der Waals surface area (Å²) in [5.74, 6) is -0.208. The van der Waals surface area contributed by atoms with Gasteiger partial charge in [-0.2, -0.15) is 4.31 Å². The van der Waals surface area contributed by atoms with Crippen LogP contribution in [0.15, 0.2) is 38.6 Å². The topological polar surface area (TPSA) is 127 Å². The van der Waals surface area contributed by atoms with Crippen molar-refractivity contribution in [2.45, 2.75) is 55.5 Å². The molecule has 2 heterocycles. The van der Waals surface area contributed by atoms with Gasteiger partial charge >= 0.3 is 0 Å². The monoisotopic (exact) mass is 455 g/mol. The molecule has 0 unspecified atom stereocenters. The van der Waals surface area contributed by atoms with Gasteiger partial charge < -0.3 is 9.84 Å². The Bertz CT molecular complexity index is 1130. The van der Waals surface area contributed by atoms with Crippen LogP contribution in [0.3, 0.4) is 0 Å². The van der Waals surface area contributed by atoms with Gasteiger partial charge in [-0.3, -0.25) is 4.79 Å². The van der Waals surface area contributed by atoms with Crippen LogP contribution in [0, 0.1) is 13.8 Å². The molecular weight excluding hydrogens is 430 g/mol. The molecule has 1 fully saturated rings. The van der Waals surface area contributed by atoms with E-state index in [-0.39, 0.29) is 27.8 Å². The van der Waals surface area contributed by atoms with Crippen LogP contribution in [-0.2, 0) is 24.7 Å². The standard InChI is InChI=1S/C19H25N3O6S2/c1-12(15-7-9-16(10-8-15)29(4,24)25)20-19(23)17-6-5-11-22(17)30(26,27)18-13(2)21-28-14(18)3/h7-10,12,17H,5-6,11H2,1-4H3,(H,20,23)/t12-,17-/m0/s1. The number of aryl methyl sites for hydroxylation is 2. The molecule has 0 spiro atoms. The summed E-state index contributed by atoms with van der Waals surface area (Å²) in [6.45, 7) is 5.08. The van der Waals surface area contributed by atoms with Crippen LogP contribution in [0.4, 0.5) is 0 Å². The van der Waals surface area contributed by atoms with E-state index in [0.29, 0.717) is 18.4 Å². The SMILES string of the molecule is Cc1noc(C)c1S(=O)(=O)N1CCC[C@H]1C(=O)N[C@@H](C)c1ccc(S(C)(=O)=O)cc1. The molecule has 1 aromatic heterocycles. The van der Waals surface area contributed by atoms with Crippen LogP contribution >= 0.6 is 0 Å². The zero-order valence-electron chi connectivity index (χ0n) is 17.2. The first-order chi connectivity index (χ1) is 13.9. The lowest BCUT2D eigenvalue weighted by molar-refractivity contribution is -0.124. The summed E-state index contributed by atoms with van der Waals surface area (Å²) >= 11 is 0. The second-order valence-electron chi connectivity index (χ2n) is 7.50. The highest BCUT2D eigenvalue weighted by atomic mass is 32.2. The smallest absolute Gasteiger partial charge is 0.249 e. The number of nitrogens with zero attached hydrogens (tertiary/aromatic N) is 2. The van der Waals surface area contributed by atoms with Gasteiger partial charge in [-0.1, -0.05) is 17.3 Å². The van der Waals surface area contributed by atoms with E-state index < -0.39 is 37.9 Å². The van der Waals surface area contributed by atoms with Gasteiger partial charge in [0, 0.05) is 12.8 Å². The molecule has 3 rings (SSSR count). The third-order valence-electron chi connectivity index (χ3n) is 5.21. The first kappa shape index (κ1) is 22.4. The molecule has 0 radical (unpaired) electrons. The van der Waals surface area contributed by atoms with E-state index in [4.69, 9.17) is 4.52 Å². The van der Waals surface area contributed by atoms with Gasteiger partial charge in [0.05, 0.1) is 10.9 Å². The molecule has 0 saturated carbocycles. The second-order valence-corrected chi connectivity index (χ2v) is 11.3. The minimum atomic E-state index is -3.92. The summed E-state index contributed by atoms with van der Waals surface area (Å²) in [5.41, 5.74) is 0.978. The number of aromatic nitrogens is 1. The van der Waals surface area contributed by atoms with Gasteiger partial charge in [0.1, 0.15) is 16.6 Å². The number of benzene rings is 1. The molecule has 1 amide bonds. The Morgan fingerprint density at radius 2 is 1.83 bits per heavy atom. The molecule has 164 valence electrons. The number of hydrogen-bond donors (Lipinski definition) is 1. The zero-order chi connectivity index (χ0) is 22.3. The summed E-state index contributed by atoms with van der Waals surface area (Å²) in [6.07, 6.45) is 2.10. The largest absolute Gasteiger partial charge is 0.360 e. The minimum absolute atomic E-state index is 0.00612. The van der Waals surface area contributed by atoms with Crippen molar-refractivity contribution in [2.75, 3.05) is 12.8 Å². The lowest BCUT2D eigenvalue weighted by atomic mass is 10.1. The third-order valence-corrected chi connectivity index (χ3v) is 8.49. The molecule has 0 bridgehead atoms. The van der Waals surface area contributed by atoms with Crippen molar-refractivity contribution < 1.29 is 26.2 Å². The first-order valence-electron chi connectivity index (χ1n) is 9.48. The molecule has 11 heteroatoms. The van der Waals surface area contributed by atoms with Gasteiger partial charge in [0.15, 0.2) is 15.6 Å². The molecule has 9 nitrogen and oxygen atoms in total. The number of sulfone groups is 1. The van der Waals surface area contributed by atoms with Gasteiger partial charge in [0.2, 0.25) is 15.9 Å². The van der Waals surface area contributed by atoms with E-state index >= 15 is 0 Å². The van der Waals surface area contributed by atoms with Gasteiger partial charge in [0.25, 0.3) is 0 Å². The van der Waals surface area contributed by atoms with E-state index in [2.05, 4.69) is 10.5 Å². The van der Waals surface area contributed by atoms with Crippen LogP contribution in [0.2, 0.25) is 0 Å². The van der Waals surface area contributed by atoms with Crippen LogP contribution in [0.25, 0.3) is 0 Å². The maximum absolute atomic E-state index is 13.1. The Morgan fingerprint density at radius 1 is 1.20 bits per heavy atom. The van der Waals surface area contributed by atoms with E-state index in [1.54, 1.807) is 26.0 Å². The Kier molecular flexibility index (Phi) is 6.08. The maximum Gasteiger partial charge on any atom is 0.249 e. The van der Waals surface area contributed by atoms with Gasteiger partial charge in [-0.05, 0) is 51.3 Å². The van der Waals surface area contributed by atoms with Crippen LogP contribution in [0.5, 0.6) is 0 Å². The normalized spacial score (nSPS) is 19.0. The number of sulfonamides is 1. The van der Waals surface area contributed by atoms with Crippen molar-refractivity contribution in [2.24, 2.45) is 0 Å². The Hall–Kier alpha value is -2.24. The fourth-order valence-electron chi connectivity index (χ4n) is 3.65. The second kappa shape index (κ2) is 8.12. The molecule has 0 aliphatic carbocycles. The molecule has 1 N–H and O–H groups in total. The first-order valence-corrected chi connectivity index (χ1v) is 12.8. The highest BCUT2D eigenvalue weighted by Crippen LogP contribution is 2.30. The summed E-state index contributed by atoms with van der Waals surface area (Å²) in [4.78, 5) is 13.1. The molecule has 2 atom stereocenters. The Labute approximate surface area is 176 Å². The van der Waals surface area contributed by atoms with Crippen LogP contribution in [0.1, 0.15) is 42.8 Å². The number of amides is 1. The lowest BCUT2D eigenvalue weighted by Gasteiger charge is -2.25. The maximum atomic E-state index is 13.1. The van der Waals surface area contributed by atoms with Crippen LogP contribution in [-0.4, -0.2) is 51.0 Å². The molecule has 1 aliphatic rings. The molecular formula is C19H25N3O6S2. The summed E-state index contributed by atoms with van der Waals surface area (Å²) in [7, 11) is -7.23. The minimum Gasteiger partial charge on any atom is -0.360 e. The number of nitrogens with one attached hydrogen (secondary N) is 1. The van der Waals surface area contributed by atoms with E-state index in [1.165, 1.54) is 23.4 Å². The van der Waals surface area contributed by atoms with Crippen molar-refractivity contribution in [1.82, 2.24) is 14.8 Å². The number of carbonyl (C=O) groups is 1. The number of hydrogen-bond acceptors (Lipinski definition) is 7. The van der Waals surface area contributed by atoms with E-state index in [9.17, 15) is 21.6 Å². The highest BCUT2D eigenvalue weighted by Gasteiger charge is 2.42. The van der Waals surface area contributed by atoms with E-state index in [1.807, 2.05) is 0 Å². The van der Waals surface area contributed by atoms with Crippen molar-refractivity contribution >= 4 is 25.8 Å². The van der Waals surface area contributed by atoms with Crippen LogP contribution < -0.4 is 5.32 Å². The van der Waals surface area contributed by atoms with Gasteiger partial charge in [-0.25, -0.2) is 16.8 Å². The summed E-state index contributed by atoms with van der Waals surface area (Å²) < 4.78 is 55.6. The predicted molar refractivity (Wildman–Crippen MR) is 109 cm³/mol. The van der Waals surface area contributed by atoms with Gasteiger partial charge in [-0.15, -0.1) is 0 Å². The number of rotatable bonds is 6. The molecule has 2 aromatic rings. The summed E-state index contributed by atoms with van der Waals surface area (Å²) in [5, 5.41) is 6.55. The zero-order valence-corrected chi connectivity index (χ0v) is 18.9. The number of carbonyl (C=O) groups excluding carboxylic acids is 1. The Balaban J connectivity index is 1.77. The van der Waals surface area contributed by atoms with Crippen molar-refractivity contribution in [1.29, 1.82) is 0 Å². The van der Waals surface area contributed by atoms with Crippen molar-refractivity contribution in [3.8, 4) is 0 Å². The lowest BCUT2D eigenvalue weighted by Crippen LogP contribution is -2.46. The fraction of sp³-hybridized carbons (Fsp3) is 0.474. The quantitative estimate of drug-likeness (QED) is 0.703. The molecule has 1 aromatic carbocycles. The van der Waals surface area contributed by atoms with Crippen molar-refractivity contribution in [3.05, 3.63) is 41.3 Å². The third kappa shape index (κ3) is 4.28.